The van der Waals surface area contributed by atoms with Gasteiger partial charge in [-0.3, -0.25) is 4.79 Å². The van der Waals surface area contributed by atoms with E-state index in [-0.39, 0.29) is 11.3 Å². The van der Waals surface area contributed by atoms with Crippen LogP contribution in [0.1, 0.15) is 15.9 Å². The van der Waals surface area contributed by atoms with E-state index in [0.717, 1.165) is 0 Å². The summed E-state index contributed by atoms with van der Waals surface area (Å²) < 4.78 is 0. The molecule has 0 atom stereocenters. The Kier molecular flexibility index (Phi) is 4.08. The number of aromatic hydroxyl groups is 1. The van der Waals surface area contributed by atoms with Gasteiger partial charge in [-0.15, -0.1) is 0 Å². The predicted octanol–water partition coefficient (Wildman–Crippen LogP) is 3.17. The molecule has 2 N–H and O–H groups in total. The molecule has 0 aliphatic rings. The number of carbonyl (C=O) groups is 1. The molecule has 0 aromatic heterocycles. The van der Waals surface area contributed by atoms with Gasteiger partial charge in [-0.05, 0) is 55.0 Å². The lowest BCUT2D eigenvalue weighted by Crippen LogP contribution is -1.98. The predicted molar refractivity (Wildman–Crippen MR) is 76.7 cm³/mol. The van der Waals surface area contributed by atoms with Gasteiger partial charge in [-0.25, -0.2) is 4.79 Å². The molecule has 0 aliphatic heterocycles. The van der Waals surface area contributed by atoms with Crippen LogP contribution in [0.2, 0.25) is 0 Å². The molecule has 0 spiro atoms. The molecule has 0 unspecified atom stereocenters. The Morgan fingerprint density at radius 2 is 1.62 bits per heavy atom. The van der Waals surface area contributed by atoms with Crippen LogP contribution in [-0.2, 0) is 0 Å². The summed E-state index contributed by atoms with van der Waals surface area (Å²) >= 11 is 0. The van der Waals surface area contributed by atoms with E-state index in [0.29, 0.717) is 16.9 Å². The molecule has 2 rings (SSSR count). The highest BCUT2D eigenvalue weighted by molar-refractivity contribution is 5.89. The van der Waals surface area contributed by atoms with Crippen LogP contribution < -0.4 is 5.43 Å². The van der Waals surface area contributed by atoms with Gasteiger partial charge < -0.3 is 10.2 Å². The average Bonchev–Trinajstić information content (AvgIpc) is 2.60. The summed E-state index contributed by atoms with van der Waals surface area (Å²) in [4.78, 5) is 22.1. The summed E-state index contributed by atoms with van der Waals surface area (Å²) in [5, 5.41) is 26.1. The van der Waals surface area contributed by atoms with E-state index in [2.05, 4.69) is 10.2 Å². The zero-order valence-electron chi connectivity index (χ0n) is 11.1. The van der Waals surface area contributed by atoms with Gasteiger partial charge in [0.2, 0.25) is 5.43 Å². The van der Waals surface area contributed by atoms with Crippen molar-refractivity contribution < 1.29 is 15.0 Å². The largest absolute Gasteiger partial charge is 0.504 e. The normalized spacial score (nSPS) is 10.7. The van der Waals surface area contributed by atoms with Crippen molar-refractivity contribution in [2.24, 2.45) is 10.2 Å². The van der Waals surface area contributed by atoms with E-state index in [4.69, 9.17) is 5.11 Å². The number of azo groups is 1. The summed E-state index contributed by atoms with van der Waals surface area (Å²) in [7, 11) is 0. The summed E-state index contributed by atoms with van der Waals surface area (Å²) in [6, 6.07) is 9.94. The molecule has 6 heteroatoms. The lowest BCUT2D eigenvalue weighted by atomic mass is 10.1. The number of aryl methyl sites for hydroxylation is 1. The van der Waals surface area contributed by atoms with Crippen LogP contribution in [-0.4, -0.2) is 16.2 Å². The number of carboxylic acid groups (broad SMARTS) is 1. The molecule has 0 fully saturated rings. The van der Waals surface area contributed by atoms with Crippen LogP contribution in [0.25, 0.3) is 0 Å². The van der Waals surface area contributed by atoms with Gasteiger partial charge in [0.25, 0.3) is 0 Å². The Labute approximate surface area is 120 Å². The van der Waals surface area contributed by atoms with Crippen molar-refractivity contribution in [1.82, 2.24) is 0 Å². The van der Waals surface area contributed by atoms with Gasteiger partial charge >= 0.3 is 5.97 Å². The molecule has 0 bridgehead atoms. The van der Waals surface area contributed by atoms with E-state index in [1.54, 1.807) is 19.1 Å². The van der Waals surface area contributed by atoms with Crippen molar-refractivity contribution >= 4 is 17.3 Å². The Balaban J connectivity index is 2.30. The summed E-state index contributed by atoms with van der Waals surface area (Å²) in [5.41, 5.74) is 1.18. The molecular formula is C15H12N2O4. The second kappa shape index (κ2) is 5.96. The molecule has 0 heterocycles. The van der Waals surface area contributed by atoms with Crippen LogP contribution in [0.5, 0.6) is 5.75 Å². The van der Waals surface area contributed by atoms with Crippen molar-refractivity contribution in [2.45, 2.75) is 6.92 Å². The Morgan fingerprint density at radius 3 is 2.29 bits per heavy atom. The fourth-order valence-corrected chi connectivity index (χ4v) is 1.68. The summed E-state index contributed by atoms with van der Waals surface area (Å²) in [6.45, 7) is 1.67. The monoisotopic (exact) mass is 284 g/mol. The van der Waals surface area contributed by atoms with Gasteiger partial charge in [0.15, 0.2) is 5.75 Å². The van der Waals surface area contributed by atoms with Crippen molar-refractivity contribution in [3.8, 4) is 5.75 Å². The highest BCUT2D eigenvalue weighted by atomic mass is 16.4. The first-order valence-corrected chi connectivity index (χ1v) is 6.06. The highest BCUT2D eigenvalue weighted by Gasteiger charge is 2.06. The maximum absolute atomic E-state index is 11.2. The van der Waals surface area contributed by atoms with Gasteiger partial charge in [0, 0.05) is 0 Å². The number of carboxylic acids is 1. The molecule has 0 aliphatic carbocycles. The van der Waals surface area contributed by atoms with E-state index in [9.17, 15) is 14.7 Å². The third kappa shape index (κ3) is 3.50. The van der Waals surface area contributed by atoms with Crippen molar-refractivity contribution in [2.75, 3.05) is 0 Å². The van der Waals surface area contributed by atoms with Crippen molar-refractivity contribution in [1.29, 1.82) is 0 Å². The molecular weight excluding hydrogens is 272 g/mol. The van der Waals surface area contributed by atoms with E-state index in [1.165, 1.54) is 30.3 Å². The lowest BCUT2D eigenvalue weighted by Gasteiger charge is -2.00. The Hall–Kier alpha value is -3.02. The number of benzene rings is 1. The van der Waals surface area contributed by atoms with Crippen LogP contribution in [0.15, 0.2) is 57.5 Å². The zero-order chi connectivity index (χ0) is 15.4. The first-order chi connectivity index (χ1) is 9.97. The minimum atomic E-state index is -0.996. The fraction of sp³-hybridized carbons (Fsp3) is 0.0667. The SMILES string of the molecule is Cc1cc(N=Nc2ccc(O)c(=O)cc2)ccc1C(=O)O. The standard InChI is InChI=1S/C15H12N2O4/c1-9-8-11(2-5-12(9)15(20)21)17-16-10-3-6-13(18)14(19)7-4-10/h2-8H,1H3,(H,18,19)(H,20,21). The van der Waals surface area contributed by atoms with Gasteiger partial charge in [-0.2, -0.15) is 10.2 Å². The van der Waals surface area contributed by atoms with E-state index in [1.807, 2.05) is 0 Å². The first kappa shape index (κ1) is 14.4. The average molecular weight is 284 g/mol. The Morgan fingerprint density at radius 1 is 1.00 bits per heavy atom. The second-order valence-corrected chi connectivity index (χ2v) is 4.35. The van der Waals surface area contributed by atoms with Crippen LogP contribution in [0.3, 0.4) is 0 Å². The molecule has 2 aromatic carbocycles. The summed E-state index contributed by atoms with van der Waals surface area (Å²) in [5.74, 6) is -1.36. The number of rotatable bonds is 3. The number of hydrogen-bond acceptors (Lipinski definition) is 5. The van der Waals surface area contributed by atoms with E-state index >= 15 is 0 Å². The highest BCUT2D eigenvalue weighted by Crippen LogP contribution is 2.21. The van der Waals surface area contributed by atoms with Crippen molar-refractivity contribution in [3.05, 3.63) is 63.8 Å². The maximum Gasteiger partial charge on any atom is 0.335 e. The molecule has 21 heavy (non-hydrogen) atoms. The minimum Gasteiger partial charge on any atom is -0.504 e. The molecule has 106 valence electrons. The maximum atomic E-state index is 11.2. The molecule has 0 amide bonds. The molecule has 0 saturated heterocycles. The molecule has 6 nitrogen and oxygen atoms in total. The van der Waals surface area contributed by atoms with Crippen molar-refractivity contribution in [3.63, 3.8) is 0 Å². The molecule has 0 saturated carbocycles. The number of hydrogen-bond donors (Lipinski definition) is 2. The topological polar surface area (TPSA) is 99.3 Å². The third-order valence-corrected chi connectivity index (χ3v) is 2.79. The fourth-order valence-electron chi connectivity index (χ4n) is 1.68. The van der Waals surface area contributed by atoms with Crippen LogP contribution in [0.4, 0.5) is 11.4 Å². The number of nitrogens with zero attached hydrogens (tertiary/aromatic N) is 2. The van der Waals surface area contributed by atoms with Gasteiger partial charge in [-0.1, -0.05) is 0 Å². The quantitative estimate of drug-likeness (QED) is 0.845. The third-order valence-electron chi connectivity index (χ3n) is 2.79. The van der Waals surface area contributed by atoms with Crippen LogP contribution >= 0.6 is 0 Å². The van der Waals surface area contributed by atoms with Crippen LogP contribution in [0, 0.1) is 6.92 Å². The second-order valence-electron chi connectivity index (χ2n) is 4.35. The Bertz CT molecular complexity index is 785. The smallest absolute Gasteiger partial charge is 0.335 e. The lowest BCUT2D eigenvalue weighted by molar-refractivity contribution is 0.0696. The van der Waals surface area contributed by atoms with Gasteiger partial charge in [0.05, 0.1) is 16.9 Å². The molecule has 2 aromatic rings. The van der Waals surface area contributed by atoms with Gasteiger partial charge in [0.1, 0.15) is 0 Å². The molecule has 0 radical (unpaired) electrons. The first-order valence-electron chi connectivity index (χ1n) is 6.06. The van der Waals surface area contributed by atoms with E-state index < -0.39 is 11.4 Å². The zero-order valence-corrected chi connectivity index (χ0v) is 11.1. The summed E-state index contributed by atoms with van der Waals surface area (Å²) in [6.07, 6.45) is 0. The minimum absolute atomic E-state index is 0.209. The number of aromatic carboxylic acids is 1.